The van der Waals surface area contributed by atoms with Crippen LogP contribution in [0.4, 0.5) is 0 Å². The van der Waals surface area contributed by atoms with Crippen LogP contribution in [-0.2, 0) is 9.53 Å². The maximum atomic E-state index is 11.6. The van der Waals surface area contributed by atoms with E-state index >= 15 is 0 Å². The van der Waals surface area contributed by atoms with Crippen molar-refractivity contribution in [2.45, 2.75) is 0 Å². The minimum atomic E-state index is -0.474. The van der Waals surface area contributed by atoms with Crippen LogP contribution in [-0.4, -0.2) is 24.7 Å². The van der Waals surface area contributed by atoms with Gasteiger partial charge in [-0.2, -0.15) is 0 Å². The molecule has 116 valence electrons. The number of carbonyl (C=O) groups excluding carboxylic acids is 1. The van der Waals surface area contributed by atoms with E-state index in [9.17, 15) is 4.79 Å². The number of hydrogen-bond acceptors (Lipinski definition) is 4. The van der Waals surface area contributed by atoms with Crippen LogP contribution >= 0.6 is 11.6 Å². The van der Waals surface area contributed by atoms with E-state index in [1.807, 2.05) is 0 Å². The molecule has 1 heterocycles. The van der Waals surface area contributed by atoms with Gasteiger partial charge in [0, 0.05) is 22.9 Å². The van der Waals surface area contributed by atoms with Gasteiger partial charge in [-0.1, -0.05) is 23.4 Å². The monoisotopic (exact) mass is 327 g/mol. The highest BCUT2D eigenvalue weighted by Gasteiger charge is 1.97. The number of methoxy groups -OCH3 is 1. The fraction of sp³-hybridized carbons (Fsp3) is 0.111. The molecule has 0 radical (unpaired) electrons. The Bertz CT molecular complexity index is 758. The molecule has 23 heavy (non-hydrogen) atoms. The van der Waals surface area contributed by atoms with Crippen molar-refractivity contribution >= 4 is 23.6 Å². The summed E-state index contributed by atoms with van der Waals surface area (Å²) in [5, 5.41) is 0.652. The Morgan fingerprint density at radius 2 is 2.09 bits per heavy atom. The summed E-state index contributed by atoms with van der Waals surface area (Å²) in [5.41, 5.74) is 1.55. The Balaban J connectivity index is 1.83. The molecule has 2 rings (SSSR count). The van der Waals surface area contributed by atoms with E-state index in [0.717, 1.165) is 11.1 Å². The second-order valence-corrected chi connectivity index (χ2v) is 4.84. The maximum Gasteiger partial charge on any atom is 0.331 e. The molecule has 0 spiro atoms. The van der Waals surface area contributed by atoms with Crippen molar-refractivity contribution in [1.82, 2.24) is 4.98 Å². The van der Waals surface area contributed by atoms with Gasteiger partial charge in [0.2, 0.25) is 0 Å². The van der Waals surface area contributed by atoms with Gasteiger partial charge in [0.1, 0.15) is 5.75 Å². The molecule has 2 aromatic rings. The van der Waals surface area contributed by atoms with Crippen molar-refractivity contribution in [3.8, 4) is 17.6 Å². The number of aromatic nitrogens is 1. The van der Waals surface area contributed by atoms with E-state index in [1.165, 1.54) is 6.08 Å². The standard InChI is InChI=1S/C18H14ClNO3/c1-22-17-11-15(12-20-13-17)6-9-18(21)23-10-2-3-14-4-7-16(19)8-5-14/h4-9,11-13H,10H2,1H3/b9-6+. The molecule has 0 saturated heterocycles. The van der Waals surface area contributed by atoms with Crippen molar-refractivity contribution in [3.63, 3.8) is 0 Å². The molecule has 5 heteroatoms. The van der Waals surface area contributed by atoms with Gasteiger partial charge in [-0.25, -0.2) is 4.79 Å². The zero-order valence-corrected chi connectivity index (χ0v) is 13.2. The molecule has 0 atom stereocenters. The third kappa shape index (κ3) is 5.85. The third-order valence-electron chi connectivity index (χ3n) is 2.75. The Morgan fingerprint density at radius 3 is 2.83 bits per heavy atom. The molecule has 1 aromatic carbocycles. The van der Waals surface area contributed by atoms with Crippen molar-refractivity contribution < 1.29 is 14.3 Å². The first kappa shape index (κ1) is 16.6. The third-order valence-corrected chi connectivity index (χ3v) is 3.00. The molecular formula is C18H14ClNO3. The van der Waals surface area contributed by atoms with E-state index in [4.69, 9.17) is 21.1 Å². The highest BCUT2D eigenvalue weighted by Crippen LogP contribution is 2.11. The van der Waals surface area contributed by atoms with Crippen molar-refractivity contribution in [1.29, 1.82) is 0 Å². The minimum absolute atomic E-state index is 0.0160. The Labute approximate surface area is 139 Å². The van der Waals surface area contributed by atoms with Gasteiger partial charge in [-0.3, -0.25) is 4.98 Å². The summed E-state index contributed by atoms with van der Waals surface area (Å²) in [4.78, 5) is 15.6. The number of rotatable bonds is 4. The van der Waals surface area contributed by atoms with Gasteiger partial charge >= 0.3 is 5.97 Å². The van der Waals surface area contributed by atoms with Gasteiger partial charge in [0.05, 0.1) is 13.3 Å². The van der Waals surface area contributed by atoms with Crippen LogP contribution < -0.4 is 4.74 Å². The Hall–Kier alpha value is -2.77. The first-order chi connectivity index (χ1) is 11.2. The summed E-state index contributed by atoms with van der Waals surface area (Å²) in [5.74, 6) is 5.79. The second-order valence-electron chi connectivity index (χ2n) is 4.41. The molecule has 0 bridgehead atoms. The second kappa shape index (κ2) is 8.62. The topological polar surface area (TPSA) is 48.4 Å². The van der Waals surface area contributed by atoms with Gasteiger partial charge in [-0.05, 0) is 42.0 Å². The summed E-state index contributed by atoms with van der Waals surface area (Å²) >= 11 is 5.78. The first-order valence-electron chi connectivity index (χ1n) is 6.75. The van der Waals surface area contributed by atoms with E-state index in [2.05, 4.69) is 16.8 Å². The smallest absolute Gasteiger partial charge is 0.331 e. The van der Waals surface area contributed by atoms with Crippen molar-refractivity contribution in [3.05, 3.63) is 65.0 Å². The van der Waals surface area contributed by atoms with E-state index < -0.39 is 5.97 Å². The minimum Gasteiger partial charge on any atom is -0.495 e. The number of esters is 1. The van der Waals surface area contributed by atoms with Crippen LogP contribution in [0.15, 0.2) is 48.8 Å². The zero-order valence-electron chi connectivity index (χ0n) is 12.5. The summed E-state index contributed by atoms with van der Waals surface area (Å²) in [6.45, 7) is 0.0160. The lowest BCUT2D eigenvalue weighted by atomic mass is 10.2. The average molecular weight is 328 g/mol. The lowest BCUT2D eigenvalue weighted by Gasteiger charge is -1.99. The lowest BCUT2D eigenvalue weighted by molar-refractivity contribution is -0.136. The number of carbonyl (C=O) groups is 1. The summed E-state index contributed by atoms with van der Waals surface area (Å²) in [6, 6.07) is 8.86. The van der Waals surface area contributed by atoms with Crippen molar-refractivity contribution in [2.75, 3.05) is 13.7 Å². The molecule has 0 unspecified atom stereocenters. The largest absolute Gasteiger partial charge is 0.495 e. The number of hydrogen-bond donors (Lipinski definition) is 0. The fourth-order valence-electron chi connectivity index (χ4n) is 1.63. The number of halogens is 1. The summed E-state index contributed by atoms with van der Waals surface area (Å²) in [7, 11) is 1.55. The molecule has 0 saturated carbocycles. The van der Waals surface area contributed by atoms with Crippen LogP contribution in [0.25, 0.3) is 6.08 Å². The molecule has 0 aliphatic heterocycles. The highest BCUT2D eigenvalue weighted by atomic mass is 35.5. The number of nitrogens with zero attached hydrogens (tertiary/aromatic N) is 1. The van der Waals surface area contributed by atoms with E-state index in [0.29, 0.717) is 10.8 Å². The Kier molecular flexibility index (Phi) is 6.22. The number of ether oxygens (including phenoxy) is 2. The molecule has 4 nitrogen and oxygen atoms in total. The molecule has 0 aliphatic rings. The van der Waals surface area contributed by atoms with E-state index in [1.54, 1.807) is 55.9 Å². The van der Waals surface area contributed by atoms with Crippen LogP contribution in [0.3, 0.4) is 0 Å². The van der Waals surface area contributed by atoms with Crippen LogP contribution in [0.5, 0.6) is 5.75 Å². The SMILES string of the molecule is COc1cncc(/C=C/C(=O)OCC#Cc2ccc(Cl)cc2)c1. The molecular weight excluding hydrogens is 314 g/mol. The average Bonchev–Trinajstić information content (AvgIpc) is 2.58. The maximum absolute atomic E-state index is 11.6. The van der Waals surface area contributed by atoms with Crippen LogP contribution in [0, 0.1) is 11.8 Å². The zero-order chi connectivity index (χ0) is 16.5. The quantitative estimate of drug-likeness (QED) is 0.491. The fourth-order valence-corrected chi connectivity index (χ4v) is 1.76. The van der Waals surface area contributed by atoms with Crippen molar-refractivity contribution in [2.24, 2.45) is 0 Å². The predicted octanol–water partition coefficient (Wildman–Crippen LogP) is 3.35. The van der Waals surface area contributed by atoms with Gasteiger partial charge < -0.3 is 9.47 Å². The van der Waals surface area contributed by atoms with Gasteiger partial charge in [-0.15, -0.1) is 0 Å². The highest BCUT2D eigenvalue weighted by molar-refractivity contribution is 6.30. The van der Waals surface area contributed by atoms with Gasteiger partial charge in [0.15, 0.2) is 6.61 Å². The molecule has 0 aliphatic carbocycles. The van der Waals surface area contributed by atoms with Crippen LogP contribution in [0.1, 0.15) is 11.1 Å². The Morgan fingerprint density at radius 1 is 1.30 bits per heavy atom. The molecule has 0 N–H and O–H groups in total. The van der Waals surface area contributed by atoms with Crippen LogP contribution in [0.2, 0.25) is 5.02 Å². The molecule has 0 fully saturated rings. The normalized spacial score (nSPS) is 10.0. The first-order valence-corrected chi connectivity index (χ1v) is 7.13. The van der Waals surface area contributed by atoms with Gasteiger partial charge in [0.25, 0.3) is 0 Å². The summed E-state index contributed by atoms with van der Waals surface area (Å²) in [6.07, 6.45) is 6.12. The summed E-state index contributed by atoms with van der Waals surface area (Å²) < 4.78 is 10.0. The lowest BCUT2D eigenvalue weighted by Crippen LogP contribution is -2.00. The number of pyridine rings is 1. The molecule has 1 aromatic heterocycles. The molecule has 0 amide bonds. The predicted molar refractivity (Wildman–Crippen MR) is 89.1 cm³/mol. The number of benzene rings is 1. The van der Waals surface area contributed by atoms with E-state index in [-0.39, 0.29) is 6.61 Å².